The highest BCUT2D eigenvalue weighted by atomic mass is 79.9. The van der Waals surface area contributed by atoms with Crippen molar-refractivity contribution >= 4 is 21.6 Å². The molecule has 18 heavy (non-hydrogen) atoms. The third-order valence-corrected chi connectivity index (χ3v) is 4.99. The summed E-state index contributed by atoms with van der Waals surface area (Å²) in [6.07, 6.45) is 4.02. The van der Waals surface area contributed by atoms with Gasteiger partial charge in [-0.25, -0.2) is 0 Å². The minimum Gasteiger partial charge on any atom is -0.380 e. The molecule has 2 heterocycles. The van der Waals surface area contributed by atoms with Crippen LogP contribution in [0, 0.1) is 13.8 Å². The molecule has 2 nitrogen and oxygen atoms in total. The molecule has 1 aromatic carbocycles. The molecule has 3 rings (SSSR count). The van der Waals surface area contributed by atoms with Crippen LogP contribution < -0.4 is 5.32 Å². The molecule has 2 aliphatic rings. The van der Waals surface area contributed by atoms with Crippen molar-refractivity contribution < 1.29 is 0 Å². The van der Waals surface area contributed by atoms with Crippen molar-refractivity contribution in [2.45, 2.75) is 45.2 Å². The first kappa shape index (κ1) is 12.5. The van der Waals surface area contributed by atoms with Crippen LogP contribution in [0.25, 0.3) is 0 Å². The van der Waals surface area contributed by atoms with Crippen LogP contribution in [0.1, 0.15) is 30.4 Å². The Morgan fingerprint density at radius 3 is 2.83 bits per heavy atom. The molecule has 0 bridgehead atoms. The van der Waals surface area contributed by atoms with Crippen LogP contribution in [0.4, 0.5) is 5.69 Å². The third kappa shape index (κ3) is 2.19. The largest absolute Gasteiger partial charge is 0.380 e. The standard InChI is InChI=1S/C15H21BrN2/c1-10-8-11(2)15(12(16)9-10)17-13-5-7-18-6-3-4-14(13)18/h8-9,13-14,17H,3-7H2,1-2H3. The van der Waals surface area contributed by atoms with Gasteiger partial charge in [-0.3, -0.25) is 4.90 Å². The van der Waals surface area contributed by atoms with Crippen LogP contribution >= 0.6 is 15.9 Å². The predicted octanol–water partition coefficient (Wildman–Crippen LogP) is 3.71. The topological polar surface area (TPSA) is 15.3 Å². The number of hydrogen-bond donors (Lipinski definition) is 1. The van der Waals surface area contributed by atoms with Crippen molar-refractivity contribution in [3.8, 4) is 0 Å². The molecule has 2 unspecified atom stereocenters. The summed E-state index contributed by atoms with van der Waals surface area (Å²) in [5, 5.41) is 3.79. The smallest absolute Gasteiger partial charge is 0.0517 e. The maximum absolute atomic E-state index is 3.79. The van der Waals surface area contributed by atoms with Gasteiger partial charge in [0, 0.05) is 23.1 Å². The number of halogens is 1. The first-order valence-electron chi connectivity index (χ1n) is 6.92. The van der Waals surface area contributed by atoms with Gasteiger partial charge in [0.2, 0.25) is 0 Å². The van der Waals surface area contributed by atoms with E-state index in [1.54, 1.807) is 0 Å². The van der Waals surface area contributed by atoms with E-state index >= 15 is 0 Å². The van der Waals surface area contributed by atoms with Gasteiger partial charge in [0.05, 0.1) is 5.69 Å². The second kappa shape index (κ2) is 4.86. The maximum atomic E-state index is 3.79. The molecule has 2 aliphatic heterocycles. The number of fused-ring (bicyclic) bond motifs is 1. The van der Waals surface area contributed by atoms with Gasteiger partial charge in [-0.05, 0) is 72.8 Å². The molecular weight excluding hydrogens is 288 g/mol. The molecule has 1 aromatic rings. The van der Waals surface area contributed by atoms with Gasteiger partial charge in [0.25, 0.3) is 0 Å². The molecule has 2 saturated heterocycles. The van der Waals surface area contributed by atoms with Crippen LogP contribution in [0.5, 0.6) is 0 Å². The highest BCUT2D eigenvalue weighted by Crippen LogP contribution is 2.34. The van der Waals surface area contributed by atoms with E-state index in [1.807, 2.05) is 0 Å². The Kier molecular flexibility index (Phi) is 3.37. The molecule has 0 aliphatic carbocycles. The fourth-order valence-corrected chi connectivity index (χ4v) is 4.32. The van der Waals surface area contributed by atoms with Crippen LogP contribution in [-0.2, 0) is 0 Å². The molecule has 0 amide bonds. The fourth-order valence-electron chi connectivity index (χ4n) is 3.53. The van der Waals surface area contributed by atoms with E-state index in [0.717, 1.165) is 6.04 Å². The summed E-state index contributed by atoms with van der Waals surface area (Å²) >= 11 is 3.70. The van der Waals surface area contributed by atoms with Gasteiger partial charge >= 0.3 is 0 Å². The van der Waals surface area contributed by atoms with Crippen LogP contribution in [0.3, 0.4) is 0 Å². The van der Waals surface area contributed by atoms with Crippen molar-refractivity contribution in [3.05, 3.63) is 27.7 Å². The molecule has 1 N–H and O–H groups in total. The first-order valence-corrected chi connectivity index (χ1v) is 7.72. The highest BCUT2D eigenvalue weighted by molar-refractivity contribution is 9.10. The SMILES string of the molecule is Cc1cc(C)c(NC2CCN3CCCC23)c(Br)c1. The average Bonchev–Trinajstić information content (AvgIpc) is 2.86. The normalized spacial score (nSPS) is 27.5. The Labute approximate surface area is 118 Å². The summed E-state index contributed by atoms with van der Waals surface area (Å²) in [7, 11) is 0. The number of nitrogens with zero attached hydrogens (tertiary/aromatic N) is 1. The second-order valence-electron chi connectivity index (χ2n) is 5.72. The number of rotatable bonds is 2. The van der Waals surface area contributed by atoms with Gasteiger partial charge in [0.1, 0.15) is 0 Å². The lowest BCUT2D eigenvalue weighted by Gasteiger charge is -2.24. The predicted molar refractivity (Wildman–Crippen MR) is 80.2 cm³/mol. The molecule has 0 spiro atoms. The Morgan fingerprint density at radius 1 is 1.22 bits per heavy atom. The molecule has 3 heteroatoms. The van der Waals surface area contributed by atoms with Crippen molar-refractivity contribution in [2.75, 3.05) is 18.4 Å². The summed E-state index contributed by atoms with van der Waals surface area (Å²) in [5.74, 6) is 0. The first-order chi connectivity index (χ1) is 8.65. The Hall–Kier alpha value is -0.540. The van der Waals surface area contributed by atoms with Gasteiger partial charge in [-0.15, -0.1) is 0 Å². The Morgan fingerprint density at radius 2 is 2.06 bits per heavy atom. The summed E-state index contributed by atoms with van der Waals surface area (Å²) in [4.78, 5) is 2.65. The summed E-state index contributed by atoms with van der Waals surface area (Å²) in [6, 6.07) is 5.85. The third-order valence-electron chi connectivity index (χ3n) is 4.37. The van der Waals surface area contributed by atoms with E-state index in [9.17, 15) is 0 Å². The van der Waals surface area contributed by atoms with Crippen molar-refractivity contribution in [1.82, 2.24) is 4.90 Å². The van der Waals surface area contributed by atoms with E-state index < -0.39 is 0 Å². The molecule has 0 radical (unpaired) electrons. The molecule has 0 aromatic heterocycles. The highest BCUT2D eigenvalue weighted by Gasteiger charge is 2.37. The molecule has 0 saturated carbocycles. The number of nitrogens with one attached hydrogen (secondary N) is 1. The van der Waals surface area contributed by atoms with Gasteiger partial charge in [-0.1, -0.05) is 6.07 Å². The zero-order valence-corrected chi connectivity index (χ0v) is 12.8. The summed E-state index contributed by atoms with van der Waals surface area (Å²) in [6.45, 7) is 6.92. The van der Waals surface area contributed by atoms with Gasteiger partial charge < -0.3 is 5.32 Å². The monoisotopic (exact) mass is 308 g/mol. The van der Waals surface area contributed by atoms with Crippen LogP contribution in [0.2, 0.25) is 0 Å². The van der Waals surface area contributed by atoms with Gasteiger partial charge in [0.15, 0.2) is 0 Å². The van der Waals surface area contributed by atoms with Crippen molar-refractivity contribution in [3.63, 3.8) is 0 Å². The minimum atomic E-state index is 0.630. The van der Waals surface area contributed by atoms with E-state index in [-0.39, 0.29) is 0 Å². The minimum absolute atomic E-state index is 0.630. The molecule has 98 valence electrons. The summed E-state index contributed by atoms with van der Waals surface area (Å²) in [5.41, 5.74) is 3.96. The number of benzene rings is 1. The van der Waals surface area contributed by atoms with Crippen molar-refractivity contribution in [2.24, 2.45) is 0 Å². The fraction of sp³-hybridized carbons (Fsp3) is 0.600. The summed E-state index contributed by atoms with van der Waals surface area (Å²) < 4.78 is 1.21. The quantitative estimate of drug-likeness (QED) is 0.896. The van der Waals surface area contributed by atoms with Crippen molar-refractivity contribution in [1.29, 1.82) is 0 Å². The number of aryl methyl sites for hydroxylation is 2. The number of anilines is 1. The van der Waals surface area contributed by atoms with E-state index in [4.69, 9.17) is 0 Å². The van der Waals surface area contributed by atoms with E-state index in [2.05, 4.69) is 52.1 Å². The maximum Gasteiger partial charge on any atom is 0.0517 e. The Bertz CT molecular complexity index is 435. The molecular formula is C15H21BrN2. The van der Waals surface area contributed by atoms with Crippen LogP contribution in [-0.4, -0.2) is 30.1 Å². The van der Waals surface area contributed by atoms with Crippen LogP contribution in [0.15, 0.2) is 16.6 Å². The van der Waals surface area contributed by atoms with E-state index in [1.165, 1.54) is 53.6 Å². The molecule has 2 atom stereocenters. The number of hydrogen-bond acceptors (Lipinski definition) is 2. The lowest BCUT2D eigenvalue weighted by molar-refractivity contribution is 0.318. The second-order valence-corrected chi connectivity index (χ2v) is 6.58. The zero-order valence-electron chi connectivity index (χ0n) is 11.2. The average molecular weight is 309 g/mol. The van der Waals surface area contributed by atoms with E-state index in [0.29, 0.717) is 6.04 Å². The molecule has 2 fully saturated rings. The zero-order chi connectivity index (χ0) is 12.7. The lowest BCUT2D eigenvalue weighted by atomic mass is 10.0. The lowest BCUT2D eigenvalue weighted by Crippen LogP contribution is -2.34. The Balaban J connectivity index is 1.81. The van der Waals surface area contributed by atoms with Gasteiger partial charge in [-0.2, -0.15) is 0 Å².